The fraction of sp³-hybridized carbons (Fsp3) is 0.968. The predicted octanol–water partition coefficient (Wildman–Crippen LogP) is 8.59. The Balaban J connectivity index is 1.55. The minimum absolute atomic E-state index is 0.0546. The van der Waals surface area contributed by atoms with Crippen LogP contribution in [-0.4, -0.2) is 11.1 Å². The van der Waals surface area contributed by atoms with Gasteiger partial charge in [0.15, 0.2) is 0 Å². The van der Waals surface area contributed by atoms with Gasteiger partial charge in [0.1, 0.15) is 0 Å². The van der Waals surface area contributed by atoms with Crippen molar-refractivity contribution >= 4 is 5.97 Å². The van der Waals surface area contributed by atoms with Gasteiger partial charge in [0.2, 0.25) is 0 Å². The van der Waals surface area contributed by atoms with Crippen molar-refractivity contribution in [2.24, 2.45) is 62.6 Å². The molecule has 10 atom stereocenters. The number of hydrogen-bond donors (Lipinski definition) is 1. The Morgan fingerprint density at radius 2 is 1.52 bits per heavy atom. The number of fused-ring (bicyclic) bond motifs is 7. The molecule has 0 spiro atoms. The van der Waals surface area contributed by atoms with Crippen molar-refractivity contribution in [1.29, 1.82) is 0 Å². The molecule has 0 aromatic carbocycles. The quantitative estimate of drug-likeness (QED) is 0.451. The lowest BCUT2D eigenvalue weighted by atomic mass is 9.31. The van der Waals surface area contributed by atoms with Crippen LogP contribution in [0.15, 0.2) is 0 Å². The molecule has 0 aromatic rings. The third kappa shape index (κ3) is 3.13. The smallest absolute Gasteiger partial charge is 0.303 e. The van der Waals surface area contributed by atoms with Gasteiger partial charge in [0.25, 0.3) is 0 Å². The Morgan fingerprint density at radius 3 is 2.21 bits per heavy atom. The molecular formula is C31H52O2. The molecule has 0 amide bonds. The molecule has 5 rings (SSSR count). The Hall–Kier alpha value is -0.530. The zero-order valence-electron chi connectivity index (χ0n) is 22.8. The van der Waals surface area contributed by atoms with Gasteiger partial charge in [-0.3, -0.25) is 4.79 Å². The summed E-state index contributed by atoms with van der Waals surface area (Å²) in [6, 6.07) is 0. The maximum Gasteiger partial charge on any atom is 0.303 e. The number of carbonyl (C=O) groups is 1. The molecule has 0 radical (unpaired) electrons. The van der Waals surface area contributed by atoms with E-state index in [0.29, 0.717) is 45.8 Å². The maximum absolute atomic E-state index is 12.1. The van der Waals surface area contributed by atoms with E-state index in [-0.39, 0.29) is 5.41 Å². The van der Waals surface area contributed by atoms with Gasteiger partial charge < -0.3 is 5.11 Å². The van der Waals surface area contributed by atoms with Crippen LogP contribution < -0.4 is 0 Å². The summed E-state index contributed by atoms with van der Waals surface area (Å²) >= 11 is 0. The highest BCUT2D eigenvalue weighted by Gasteiger charge is 2.69. The Kier molecular flexibility index (Phi) is 5.49. The molecule has 0 aliphatic heterocycles. The average molecular weight is 457 g/mol. The summed E-state index contributed by atoms with van der Waals surface area (Å²) in [5, 5.41) is 9.96. The summed E-state index contributed by atoms with van der Waals surface area (Å²) in [6.07, 6.45) is 15.0. The minimum Gasteiger partial charge on any atom is -0.481 e. The second-order valence-corrected chi connectivity index (χ2v) is 15.3. The van der Waals surface area contributed by atoms with Crippen LogP contribution in [0.5, 0.6) is 0 Å². The monoisotopic (exact) mass is 456 g/mol. The molecule has 1 N–H and O–H groups in total. The zero-order valence-corrected chi connectivity index (χ0v) is 22.8. The van der Waals surface area contributed by atoms with Gasteiger partial charge in [0, 0.05) is 0 Å². The van der Waals surface area contributed by atoms with E-state index in [9.17, 15) is 9.90 Å². The van der Waals surface area contributed by atoms with E-state index in [2.05, 4.69) is 48.5 Å². The molecule has 2 nitrogen and oxygen atoms in total. The molecule has 188 valence electrons. The van der Waals surface area contributed by atoms with Crippen molar-refractivity contribution in [3.63, 3.8) is 0 Å². The van der Waals surface area contributed by atoms with Gasteiger partial charge in [-0.15, -0.1) is 0 Å². The third-order valence-corrected chi connectivity index (χ3v) is 14.0. The van der Waals surface area contributed by atoms with Crippen molar-refractivity contribution in [3.05, 3.63) is 0 Å². The van der Waals surface area contributed by atoms with E-state index in [4.69, 9.17) is 0 Å². The Bertz CT molecular complexity index is 801. The predicted molar refractivity (Wildman–Crippen MR) is 136 cm³/mol. The second kappa shape index (κ2) is 7.49. The molecule has 5 aliphatic carbocycles. The van der Waals surface area contributed by atoms with Crippen LogP contribution in [0, 0.1) is 62.6 Å². The number of aliphatic carboxylic acids is 1. The first-order chi connectivity index (χ1) is 15.3. The Morgan fingerprint density at radius 1 is 0.788 bits per heavy atom. The number of rotatable bonds is 2. The molecular weight excluding hydrogens is 404 g/mol. The van der Waals surface area contributed by atoms with Crippen LogP contribution in [0.1, 0.15) is 126 Å². The van der Waals surface area contributed by atoms with Crippen molar-refractivity contribution in [1.82, 2.24) is 0 Å². The van der Waals surface area contributed by atoms with Crippen LogP contribution in [0.3, 0.4) is 0 Å². The molecule has 0 saturated heterocycles. The van der Waals surface area contributed by atoms with Crippen molar-refractivity contribution in [3.8, 4) is 0 Å². The van der Waals surface area contributed by atoms with E-state index in [1.54, 1.807) is 0 Å². The number of hydrogen-bond acceptors (Lipinski definition) is 1. The van der Waals surface area contributed by atoms with Gasteiger partial charge in [-0.25, -0.2) is 0 Å². The minimum atomic E-state index is -0.553. The summed E-state index contributed by atoms with van der Waals surface area (Å²) in [5.74, 6) is 3.86. The number of carboxylic acids is 1. The van der Waals surface area contributed by atoms with Gasteiger partial charge in [-0.1, -0.05) is 54.9 Å². The average Bonchev–Trinajstić information content (AvgIpc) is 2.71. The third-order valence-electron chi connectivity index (χ3n) is 14.0. The first kappa shape index (κ1) is 24.2. The second-order valence-electron chi connectivity index (χ2n) is 15.3. The van der Waals surface area contributed by atoms with Gasteiger partial charge in [0.05, 0.1) is 6.42 Å². The normalized spacial score (nSPS) is 55.5. The lowest BCUT2D eigenvalue weighted by Crippen LogP contribution is -2.66. The molecule has 0 aromatic heterocycles. The van der Waals surface area contributed by atoms with Gasteiger partial charge in [-0.05, 0) is 127 Å². The largest absolute Gasteiger partial charge is 0.481 e. The van der Waals surface area contributed by atoms with Gasteiger partial charge in [-0.2, -0.15) is 0 Å². The van der Waals surface area contributed by atoms with E-state index < -0.39 is 5.97 Å². The molecule has 0 heterocycles. The van der Waals surface area contributed by atoms with E-state index in [0.717, 1.165) is 30.6 Å². The Labute approximate surface area is 204 Å². The van der Waals surface area contributed by atoms with Crippen LogP contribution >= 0.6 is 0 Å². The van der Waals surface area contributed by atoms with Crippen molar-refractivity contribution < 1.29 is 9.90 Å². The molecule has 2 heteroatoms. The topological polar surface area (TPSA) is 37.3 Å². The van der Waals surface area contributed by atoms with Crippen LogP contribution in [0.25, 0.3) is 0 Å². The summed E-state index contributed by atoms with van der Waals surface area (Å²) < 4.78 is 0. The van der Waals surface area contributed by atoms with Crippen molar-refractivity contribution in [2.45, 2.75) is 126 Å². The van der Waals surface area contributed by atoms with E-state index >= 15 is 0 Å². The van der Waals surface area contributed by atoms with Crippen LogP contribution in [0.2, 0.25) is 0 Å². The first-order valence-corrected chi connectivity index (χ1v) is 14.5. The van der Waals surface area contributed by atoms with Gasteiger partial charge >= 0.3 is 5.97 Å². The highest BCUT2D eigenvalue weighted by molar-refractivity contribution is 5.68. The van der Waals surface area contributed by atoms with Crippen molar-refractivity contribution in [2.75, 3.05) is 0 Å². The van der Waals surface area contributed by atoms with Crippen LogP contribution in [-0.2, 0) is 4.79 Å². The summed E-state index contributed by atoms with van der Waals surface area (Å²) in [5.41, 5.74) is 1.80. The van der Waals surface area contributed by atoms with Crippen LogP contribution in [0.4, 0.5) is 0 Å². The number of carboxylic acid groups (broad SMARTS) is 1. The lowest BCUT2D eigenvalue weighted by molar-refractivity contribution is -0.250. The van der Waals surface area contributed by atoms with E-state index in [1.807, 2.05) is 0 Å². The standard InChI is InChI=1S/C31H52O2/c1-20-11-16-31(19-25(32)33)18-17-29(6)22(26(31)21(20)2)9-10-24-28(5)14-8-13-27(3,4)23(28)12-15-30(24,29)7/h20-24,26H,8-19H2,1-7H3,(H,32,33)/t20-,21+,22-,23?,24-,26+,28+,29-,30-,31-/m1/s1. The van der Waals surface area contributed by atoms with E-state index in [1.165, 1.54) is 57.8 Å². The highest BCUT2D eigenvalue weighted by atomic mass is 16.4. The fourth-order valence-electron chi connectivity index (χ4n) is 12.2. The first-order valence-electron chi connectivity index (χ1n) is 14.5. The molecule has 5 fully saturated rings. The molecule has 1 unspecified atom stereocenters. The molecule has 0 bridgehead atoms. The highest BCUT2D eigenvalue weighted by Crippen LogP contribution is 2.77. The molecule has 5 aliphatic rings. The summed E-state index contributed by atoms with van der Waals surface area (Å²) in [4.78, 5) is 12.1. The fourth-order valence-corrected chi connectivity index (χ4v) is 12.2. The zero-order chi connectivity index (χ0) is 24.0. The maximum atomic E-state index is 12.1. The summed E-state index contributed by atoms with van der Waals surface area (Å²) in [7, 11) is 0. The molecule has 33 heavy (non-hydrogen) atoms. The molecule has 5 saturated carbocycles. The summed E-state index contributed by atoms with van der Waals surface area (Å²) in [6.45, 7) is 18.2. The lowest BCUT2D eigenvalue weighted by Gasteiger charge is -2.74. The SMILES string of the molecule is C[C@@H]1[C@H]2[C@H]3CC[C@@H]4[C@@]5(C)CCCC(C)(C)C5CC[C@@]4(C)[C@]3(C)CC[C@@]2(CC(=O)O)CC[C@H]1C.